The van der Waals surface area contributed by atoms with E-state index in [9.17, 15) is 0 Å². The van der Waals surface area contributed by atoms with Gasteiger partial charge in [0.15, 0.2) is 11.5 Å². The summed E-state index contributed by atoms with van der Waals surface area (Å²) in [6.45, 7) is 5.14. The zero-order valence-electron chi connectivity index (χ0n) is 13.0. The van der Waals surface area contributed by atoms with Crippen molar-refractivity contribution in [2.75, 3.05) is 39.5 Å². The van der Waals surface area contributed by atoms with Gasteiger partial charge in [0, 0.05) is 19.6 Å². The molecule has 0 unspecified atom stereocenters. The van der Waals surface area contributed by atoms with E-state index in [4.69, 9.17) is 14.2 Å². The smallest absolute Gasteiger partial charge is 0.169 e. The van der Waals surface area contributed by atoms with Crippen molar-refractivity contribution < 1.29 is 14.2 Å². The van der Waals surface area contributed by atoms with Crippen LogP contribution in [0.4, 0.5) is 0 Å². The molecule has 0 radical (unpaired) electrons. The highest BCUT2D eigenvalue weighted by atomic mass is 35.5. The van der Waals surface area contributed by atoms with Crippen LogP contribution in [0, 0.1) is 0 Å². The Morgan fingerprint density at radius 1 is 0.870 bits per heavy atom. The molecule has 124 valence electrons. The zero-order chi connectivity index (χ0) is 15.0. The van der Waals surface area contributed by atoms with Crippen molar-refractivity contribution in [2.45, 2.75) is 0 Å². The third-order valence-electron chi connectivity index (χ3n) is 3.59. The number of morpholine rings is 1. The maximum Gasteiger partial charge on any atom is 0.169 e. The molecule has 0 saturated carbocycles. The summed E-state index contributed by atoms with van der Waals surface area (Å²) < 4.78 is 17.1. The first-order valence-electron chi connectivity index (χ1n) is 7.67. The molecule has 0 amide bonds. The van der Waals surface area contributed by atoms with Gasteiger partial charge < -0.3 is 14.2 Å². The van der Waals surface area contributed by atoms with Gasteiger partial charge in [-0.3, -0.25) is 4.90 Å². The molecule has 1 aliphatic rings. The zero-order valence-corrected chi connectivity index (χ0v) is 13.8. The Hall–Kier alpha value is -1.75. The molecule has 1 aliphatic heterocycles. The second-order valence-corrected chi connectivity index (χ2v) is 5.16. The minimum absolute atomic E-state index is 0. The van der Waals surface area contributed by atoms with Crippen molar-refractivity contribution >= 4 is 12.4 Å². The van der Waals surface area contributed by atoms with Crippen LogP contribution in [0.5, 0.6) is 17.2 Å². The van der Waals surface area contributed by atoms with Gasteiger partial charge >= 0.3 is 0 Å². The van der Waals surface area contributed by atoms with Crippen LogP contribution in [0.25, 0.3) is 0 Å². The predicted molar refractivity (Wildman–Crippen MR) is 93.0 cm³/mol. The summed E-state index contributed by atoms with van der Waals surface area (Å²) in [6.07, 6.45) is 0. The van der Waals surface area contributed by atoms with Crippen molar-refractivity contribution in [2.24, 2.45) is 0 Å². The van der Waals surface area contributed by atoms with E-state index in [-0.39, 0.29) is 12.4 Å². The third kappa shape index (κ3) is 5.43. The third-order valence-corrected chi connectivity index (χ3v) is 3.59. The first kappa shape index (κ1) is 17.6. The molecule has 2 aromatic rings. The number of nitrogens with zero attached hydrogens (tertiary/aromatic N) is 1. The van der Waals surface area contributed by atoms with Crippen molar-refractivity contribution in [1.29, 1.82) is 0 Å². The quantitative estimate of drug-likeness (QED) is 0.807. The molecule has 1 saturated heterocycles. The molecular formula is C18H22ClNO3. The van der Waals surface area contributed by atoms with Crippen molar-refractivity contribution in [3.63, 3.8) is 0 Å². The fourth-order valence-electron chi connectivity index (χ4n) is 2.38. The van der Waals surface area contributed by atoms with Crippen molar-refractivity contribution in [1.82, 2.24) is 4.90 Å². The Kier molecular flexibility index (Phi) is 7.20. The van der Waals surface area contributed by atoms with Gasteiger partial charge in [-0.25, -0.2) is 0 Å². The standard InChI is InChI=1S/C18H21NO3.ClH/c1-2-6-16(7-3-1)22-18-9-5-4-8-17(18)21-15-12-19-10-13-20-14-11-19;/h1-9H,10-15H2;1H. The highest BCUT2D eigenvalue weighted by Gasteiger charge is 2.11. The first-order valence-corrected chi connectivity index (χ1v) is 7.67. The molecule has 23 heavy (non-hydrogen) atoms. The molecular weight excluding hydrogens is 314 g/mol. The number of hydrogen-bond acceptors (Lipinski definition) is 4. The van der Waals surface area contributed by atoms with E-state index in [0.717, 1.165) is 50.1 Å². The van der Waals surface area contributed by atoms with Crippen LogP contribution in [0.2, 0.25) is 0 Å². The lowest BCUT2D eigenvalue weighted by Crippen LogP contribution is -2.38. The molecule has 5 heteroatoms. The number of benzene rings is 2. The number of halogens is 1. The van der Waals surface area contributed by atoms with Crippen LogP contribution in [-0.2, 0) is 4.74 Å². The number of rotatable bonds is 6. The minimum Gasteiger partial charge on any atom is -0.488 e. The number of ether oxygens (including phenoxy) is 3. The van der Waals surface area contributed by atoms with Gasteiger partial charge in [-0.2, -0.15) is 0 Å². The Bertz CT molecular complexity index is 573. The van der Waals surface area contributed by atoms with Crippen molar-refractivity contribution in [3.8, 4) is 17.2 Å². The average Bonchev–Trinajstić information content (AvgIpc) is 2.58. The predicted octanol–water partition coefficient (Wildman–Crippen LogP) is 3.61. The molecule has 0 N–H and O–H groups in total. The molecule has 0 aromatic heterocycles. The molecule has 1 fully saturated rings. The molecule has 2 aromatic carbocycles. The molecule has 0 bridgehead atoms. The fourth-order valence-corrected chi connectivity index (χ4v) is 2.38. The Morgan fingerprint density at radius 2 is 1.52 bits per heavy atom. The van der Waals surface area contributed by atoms with Gasteiger partial charge in [0.1, 0.15) is 12.4 Å². The second kappa shape index (κ2) is 9.40. The van der Waals surface area contributed by atoms with Crippen molar-refractivity contribution in [3.05, 3.63) is 54.6 Å². The maximum absolute atomic E-state index is 5.90. The summed E-state index contributed by atoms with van der Waals surface area (Å²) in [6, 6.07) is 17.5. The second-order valence-electron chi connectivity index (χ2n) is 5.16. The fraction of sp³-hybridized carbons (Fsp3) is 0.333. The lowest BCUT2D eigenvalue weighted by atomic mass is 10.3. The van der Waals surface area contributed by atoms with Gasteiger partial charge in [0.05, 0.1) is 13.2 Å². The summed E-state index contributed by atoms with van der Waals surface area (Å²) in [5.74, 6) is 2.34. The van der Waals surface area contributed by atoms with Crippen LogP contribution in [0.1, 0.15) is 0 Å². The van der Waals surface area contributed by atoms with Crippen LogP contribution in [0.15, 0.2) is 54.6 Å². The summed E-state index contributed by atoms with van der Waals surface area (Å²) in [7, 11) is 0. The van der Waals surface area contributed by atoms with Crippen LogP contribution in [0.3, 0.4) is 0 Å². The van der Waals surface area contributed by atoms with E-state index >= 15 is 0 Å². The highest BCUT2D eigenvalue weighted by molar-refractivity contribution is 5.85. The molecule has 3 rings (SSSR count). The molecule has 0 spiro atoms. The van der Waals surface area contributed by atoms with E-state index in [0.29, 0.717) is 6.61 Å². The topological polar surface area (TPSA) is 30.9 Å². The van der Waals surface area contributed by atoms with Gasteiger partial charge in [-0.05, 0) is 24.3 Å². The Labute approximate surface area is 143 Å². The van der Waals surface area contributed by atoms with E-state index in [2.05, 4.69) is 4.90 Å². The number of hydrogen-bond donors (Lipinski definition) is 0. The highest BCUT2D eigenvalue weighted by Crippen LogP contribution is 2.30. The number of para-hydroxylation sites is 3. The molecule has 0 aliphatic carbocycles. The normalized spacial score (nSPS) is 14.8. The van der Waals surface area contributed by atoms with E-state index in [1.54, 1.807) is 0 Å². The van der Waals surface area contributed by atoms with E-state index in [1.165, 1.54) is 0 Å². The van der Waals surface area contributed by atoms with E-state index < -0.39 is 0 Å². The molecule has 4 nitrogen and oxygen atoms in total. The van der Waals surface area contributed by atoms with Gasteiger partial charge in [-0.15, -0.1) is 12.4 Å². The summed E-state index contributed by atoms with van der Waals surface area (Å²) >= 11 is 0. The SMILES string of the molecule is Cl.c1ccc(Oc2ccccc2OCCN2CCOCC2)cc1. The van der Waals surface area contributed by atoms with Gasteiger partial charge in [0.25, 0.3) is 0 Å². The average molecular weight is 336 g/mol. The van der Waals surface area contributed by atoms with Crippen LogP contribution < -0.4 is 9.47 Å². The van der Waals surface area contributed by atoms with Gasteiger partial charge in [-0.1, -0.05) is 30.3 Å². The lowest BCUT2D eigenvalue weighted by molar-refractivity contribution is 0.0321. The van der Waals surface area contributed by atoms with Crippen LogP contribution >= 0.6 is 12.4 Å². The minimum atomic E-state index is 0. The monoisotopic (exact) mass is 335 g/mol. The largest absolute Gasteiger partial charge is 0.488 e. The Balaban J connectivity index is 0.00000192. The molecule has 1 heterocycles. The van der Waals surface area contributed by atoms with Crippen LogP contribution in [-0.4, -0.2) is 44.4 Å². The summed E-state index contributed by atoms with van der Waals surface area (Å²) in [5, 5.41) is 0. The van der Waals surface area contributed by atoms with Gasteiger partial charge in [0.2, 0.25) is 0 Å². The summed E-state index contributed by atoms with van der Waals surface area (Å²) in [4.78, 5) is 2.35. The summed E-state index contributed by atoms with van der Waals surface area (Å²) in [5.41, 5.74) is 0. The Morgan fingerprint density at radius 3 is 2.26 bits per heavy atom. The molecule has 0 atom stereocenters. The lowest BCUT2D eigenvalue weighted by Gasteiger charge is -2.26. The van der Waals surface area contributed by atoms with E-state index in [1.807, 2.05) is 54.6 Å². The first-order chi connectivity index (χ1) is 10.9. The maximum atomic E-state index is 5.90.